The molecule has 1 fully saturated rings. The van der Waals surface area contributed by atoms with Crippen LogP contribution in [-0.2, 0) is 13.6 Å². The average Bonchev–Trinajstić information content (AvgIpc) is 3.18. The highest BCUT2D eigenvalue weighted by Gasteiger charge is 2.25. The molecule has 0 bridgehead atoms. The molecule has 5 heteroatoms. The quantitative estimate of drug-likeness (QED) is 0.808. The lowest BCUT2D eigenvalue weighted by Gasteiger charge is -2.29. The van der Waals surface area contributed by atoms with Crippen LogP contribution in [0.15, 0.2) is 41.1 Å². The fourth-order valence-corrected chi connectivity index (χ4v) is 3.36. The predicted molar refractivity (Wildman–Crippen MR) is 88.0 cm³/mol. The number of likely N-dealkylation sites (tertiary alicyclic amines) is 1. The molecule has 3 aliphatic rings. The van der Waals surface area contributed by atoms with Crippen LogP contribution in [0.4, 0.5) is 0 Å². The molecule has 1 aromatic heterocycles. The number of piperidine rings is 1. The van der Waals surface area contributed by atoms with Gasteiger partial charge in [-0.15, -0.1) is 0 Å². The first-order chi connectivity index (χ1) is 11.2. The Bertz CT molecular complexity index is 755. The number of fused-ring (bicyclic) bond motifs is 1. The Labute approximate surface area is 135 Å². The fraction of sp³-hybridized carbons (Fsp3) is 0.389. The Balaban J connectivity index is 1.74. The van der Waals surface area contributed by atoms with Gasteiger partial charge in [-0.05, 0) is 37.1 Å². The molecule has 0 radical (unpaired) electrons. The van der Waals surface area contributed by atoms with Gasteiger partial charge in [-0.1, -0.05) is 0 Å². The maximum atomic E-state index is 9.71. The zero-order chi connectivity index (χ0) is 15.8. The van der Waals surface area contributed by atoms with Crippen molar-refractivity contribution in [2.24, 2.45) is 7.05 Å². The lowest BCUT2D eigenvalue weighted by atomic mass is 10.0. The third kappa shape index (κ3) is 2.66. The van der Waals surface area contributed by atoms with Gasteiger partial charge in [0, 0.05) is 44.0 Å². The maximum absolute atomic E-state index is 9.71. The first kappa shape index (κ1) is 14.5. The van der Waals surface area contributed by atoms with Gasteiger partial charge in [-0.25, -0.2) is 4.98 Å². The van der Waals surface area contributed by atoms with E-state index in [0.717, 1.165) is 49.8 Å². The number of hydrogen-bond acceptors (Lipinski definition) is 4. The Morgan fingerprint density at radius 2 is 2.09 bits per heavy atom. The SMILES string of the molecule is Cn1cccc2c(CN3CCC(O)CC3)c(-c3ccco3)nc1-2. The second-order valence-corrected chi connectivity index (χ2v) is 6.28. The Morgan fingerprint density at radius 1 is 1.26 bits per heavy atom. The van der Waals surface area contributed by atoms with Crippen LogP contribution in [0.5, 0.6) is 0 Å². The van der Waals surface area contributed by atoms with Gasteiger partial charge in [0.05, 0.1) is 12.4 Å². The summed E-state index contributed by atoms with van der Waals surface area (Å²) in [6, 6.07) is 8.04. The number of furan rings is 1. The molecule has 0 aromatic carbocycles. The van der Waals surface area contributed by atoms with Crippen molar-refractivity contribution in [3.8, 4) is 22.8 Å². The lowest BCUT2D eigenvalue weighted by Crippen LogP contribution is -2.35. The minimum Gasteiger partial charge on any atom is -0.463 e. The van der Waals surface area contributed by atoms with E-state index in [1.54, 1.807) is 6.26 Å². The van der Waals surface area contributed by atoms with E-state index in [1.807, 2.05) is 29.9 Å². The summed E-state index contributed by atoms with van der Waals surface area (Å²) < 4.78 is 7.65. The van der Waals surface area contributed by atoms with Gasteiger partial charge in [0.15, 0.2) is 5.76 Å². The molecule has 1 aromatic rings. The largest absolute Gasteiger partial charge is 0.463 e. The summed E-state index contributed by atoms with van der Waals surface area (Å²) in [6.07, 6.45) is 5.24. The predicted octanol–water partition coefficient (Wildman–Crippen LogP) is 2.74. The summed E-state index contributed by atoms with van der Waals surface area (Å²) in [6.45, 7) is 2.68. The number of nitrogens with zero attached hydrogens (tertiary/aromatic N) is 3. The maximum Gasteiger partial charge on any atom is 0.152 e. The molecule has 0 atom stereocenters. The summed E-state index contributed by atoms with van der Waals surface area (Å²) in [4.78, 5) is 7.22. The zero-order valence-corrected chi connectivity index (χ0v) is 13.3. The van der Waals surface area contributed by atoms with Crippen LogP contribution in [-0.4, -0.2) is 38.8 Å². The highest BCUT2D eigenvalue weighted by Crippen LogP contribution is 2.35. The number of aliphatic hydroxyl groups is 1. The van der Waals surface area contributed by atoms with Crippen molar-refractivity contribution >= 4 is 0 Å². The average molecular weight is 311 g/mol. The topological polar surface area (TPSA) is 54.4 Å². The van der Waals surface area contributed by atoms with E-state index < -0.39 is 0 Å². The van der Waals surface area contributed by atoms with Crippen molar-refractivity contribution in [1.82, 2.24) is 14.5 Å². The van der Waals surface area contributed by atoms with Crippen LogP contribution in [0.1, 0.15) is 18.4 Å². The van der Waals surface area contributed by atoms with Crippen LogP contribution >= 0.6 is 0 Å². The smallest absolute Gasteiger partial charge is 0.152 e. The number of pyridine rings is 1. The second-order valence-electron chi connectivity index (χ2n) is 6.28. The van der Waals surface area contributed by atoms with Gasteiger partial charge >= 0.3 is 0 Å². The summed E-state index contributed by atoms with van der Waals surface area (Å²) in [5.41, 5.74) is 3.31. The van der Waals surface area contributed by atoms with Crippen LogP contribution in [0.25, 0.3) is 22.8 Å². The molecule has 0 saturated carbocycles. The van der Waals surface area contributed by atoms with Gasteiger partial charge in [0.2, 0.25) is 0 Å². The van der Waals surface area contributed by atoms with Crippen LogP contribution < -0.4 is 0 Å². The van der Waals surface area contributed by atoms with Crippen LogP contribution in [0.2, 0.25) is 0 Å². The van der Waals surface area contributed by atoms with E-state index in [4.69, 9.17) is 9.40 Å². The van der Waals surface area contributed by atoms with E-state index in [0.29, 0.717) is 0 Å². The molecule has 120 valence electrons. The van der Waals surface area contributed by atoms with Crippen molar-refractivity contribution < 1.29 is 9.52 Å². The van der Waals surface area contributed by atoms with Crippen molar-refractivity contribution in [3.05, 3.63) is 42.3 Å². The van der Waals surface area contributed by atoms with Crippen molar-refractivity contribution in [2.45, 2.75) is 25.5 Å². The minimum absolute atomic E-state index is 0.150. The lowest BCUT2D eigenvalue weighted by molar-refractivity contribution is 0.0794. The zero-order valence-electron chi connectivity index (χ0n) is 13.3. The Morgan fingerprint density at radius 3 is 2.83 bits per heavy atom. The summed E-state index contributed by atoms with van der Waals surface area (Å²) in [5, 5.41) is 9.71. The Kier molecular flexibility index (Phi) is 3.67. The summed E-state index contributed by atoms with van der Waals surface area (Å²) in [7, 11) is 2.02. The molecule has 1 saturated heterocycles. The van der Waals surface area contributed by atoms with Crippen molar-refractivity contribution in [3.63, 3.8) is 0 Å². The fourth-order valence-electron chi connectivity index (χ4n) is 3.36. The molecule has 1 N–H and O–H groups in total. The van der Waals surface area contributed by atoms with Crippen molar-refractivity contribution in [2.75, 3.05) is 13.1 Å². The normalized spacial score (nSPS) is 17.1. The van der Waals surface area contributed by atoms with Crippen molar-refractivity contribution in [1.29, 1.82) is 0 Å². The minimum atomic E-state index is -0.150. The molecule has 3 aliphatic heterocycles. The molecule has 0 unspecified atom stereocenters. The number of aryl methyl sites for hydroxylation is 1. The first-order valence-electron chi connectivity index (χ1n) is 8.10. The first-order valence-corrected chi connectivity index (χ1v) is 8.10. The molecular formula is C18H21N3O2. The van der Waals surface area contributed by atoms with Gasteiger partial charge in [0.25, 0.3) is 0 Å². The number of rotatable bonds is 3. The monoisotopic (exact) mass is 311 g/mol. The number of aromatic nitrogens is 2. The molecule has 4 rings (SSSR count). The van der Waals surface area contributed by atoms with Crippen LogP contribution in [0, 0.1) is 0 Å². The molecule has 23 heavy (non-hydrogen) atoms. The van der Waals surface area contributed by atoms with Gasteiger partial charge in [0.1, 0.15) is 11.5 Å². The molecule has 0 amide bonds. The van der Waals surface area contributed by atoms with Crippen LogP contribution in [0.3, 0.4) is 0 Å². The van der Waals surface area contributed by atoms with Gasteiger partial charge in [-0.3, -0.25) is 4.90 Å². The summed E-state index contributed by atoms with van der Waals surface area (Å²) in [5.74, 6) is 1.79. The van der Waals surface area contributed by atoms with E-state index in [-0.39, 0.29) is 6.10 Å². The molecule has 0 spiro atoms. The van der Waals surface area contributed by atoms with E-state index >= 15 is 0 Å². The Hall–Kier alpha value is -2.11. The van der Waals surface area contributed by atoms with Gasteiger partial charge in [-0.2, -0.15) is 0 Å². The standard InChI is InChI=1S/C18H21N3O2/c1-20-8-2-4-14-15(12-21-9-6-13(22)7-10-21)17(19-18(14)20)16-5-3-11-23-16/h2-5,8,11,13,22H,6-7,9-10,12H2,1H3. The third-order valence-electron chi connectivity index (χ3n) is 4.67. The van der Waals surface area contributed by atoms with E-state index in [9.17, 15) is 5.11 Å². The second kappa shape index (κ2) is 5.83. The molecule has 5 nitrogen and oxygen atoms in total. The summed E-state index contributed by atoms with van der Waals surface area (Å²) >= 11 is 0. The highest BCUT2D eigenvalue weighted by molar-refractivity contribution is 5.75. The molecular weight excluding hydrogens is 290 g/mol. The third-order valence-corrected chi connectivity index (χ3v) is 4.67. The number of hydrogen-bond donors (Lipinski definition) is 1. The molecule has 4 heterocycles. The highest BCUT2D eigenvalue weighted by atomic mass is 16.3. The number of aliphatic hydroxyl groups excluding tert-OH is 1. The van der Waals surface area contributed by atoms with E-state index in [1.165, 1.54) is 11.1 Å². The van der Waals surface area contributed by atoms with Gasteiger partial charge < -0.3 is 14.1 Å². The van der Waals surface area contributed by atoms with E-state index in [2.05, 4.69) is 17.0 Å². The molecule has 0 aliphatic carbocycles.